The molecule has 0 aliphatic carbocycles. The molecule has 0 aliphatic rings. The summed E-state index contributed by atoms with van der Waals surface area (Å²) in [5.74, 6) is 0.132. The van der Waals surface area contributed by atoms with E-state index in [1.54, 1.807) is 12.1 Å². The molecule has 2 aromatic rings. The van der Waals surface area contributed by atoms with Crippen LogP contribution in [-0.2, 0) is 0 Å². The number of pyridine rings is 1. The number of rotatable bonds is 5. The lowest BCUT2D eigenvalue weighted by Gasteiger charge is -2.06. The summed E-state index contributed by atoms with van der Waals surface area (Å²) in [5, 5.41) is 5.81. The molecular weight excluding hydrogens is 257 g/mol. The molecular formula is C15H16FN3O. The third-order valence-electron chi connectivity index (χ3n) is 2.68. The zero-order chi connectivity index (χ0) is 14.4. The fourth-order valence-electron chi connectivity index (χ4n) is 1.62. The summed E-state index contributed by atoms with van der Waals surface area (Å²) in [7, 11) is 0. The summed E-state index contributed by atoms with van der Waals surface area (Å²) in [4.78, 5) is 16.1. The molecule has 1 aromatic heterocycles. The maximum atomic E-state index is 12.8. The number of halogens is 1. The SMILES string of the molecule is CCCNc1ccc(C(=O)Nc2ccc(F)cc2)cn1. The number of aromatic nitrogens is 1. The summed E-state index contributed by atoms with van der Waals surface area (Å²) in [5.41, 5.74) is 1.00. The number of hydrogen-bond donors (Lipinski definition) is 2. The number of anilines is 2. The minimum absolute atomic E-state index is 0.272. The van der Waals surface area contributed by atoms with E-state index in [2.05, 4.69) is 22.5 Å². The number of amides is 1. The second-order valence-electron chi connectivity index (χ2n) is 4.32. The van der Waals surface area contributed by atoms with Gasteiger partial charge in [-0.2, -0.15) is 0 Å². The molecule has 0 spiro atoms. The summed E-state index contributed by atoms with van der Waals surface area (Å²) in [6.45, 7) is 2.91. The predicted molar refractivity (Wildman–Crippen MR) is 77.4 cm³/mol. The van der Waals surface area contributed by atoms with Gasteiger partial charge in [0.15, 0.2) is 0 Å². The molecule has 0 bridgehead atoms. The molecule has 1 amide bonds. The third-order valence-corrected chi connectivity index (χ3v) is 2.68. The molecule has 0 saturated heterocycles. The number of nitrogens with zero attached hydrogens (tertiary/aromatic N) is 1. The summed E-state index contributed by atoms with van der Waals surface area (Å²) in [6, 6.07) is 9.08. The Kier molecular flexibility index (Phi) is 4.65. The Morgan fingerprint density at radius 2 is 1.95 bits per heavy atom. The van der Waals surface area contributed by atoms with Crippen molar-refractivity contribution in [1.29, 1.82) is 0 Å². The minimum atomic E-state index is -0.337. The van der Waals surface area contributed by atoms with Gasteiger partial charge in [-0.15, -0.1) is 0 Å². The van der Waals surface area contributed by atoms with Crippen LogP contribution in [0.1, 0.15) is 23.7 Å². The van der Waals surface area contributed by atoms with E-state index in [1.165, 1.54) is 30.5 Å². The van der Waals surface area contributed by atoms with Crippen LogP contribution < -0.4 is 10.6 Å². The lowest BCUT2D eigenvalue weighted by molar-refractivity contribution is 0.102. The summed E-state index contributed by atoms with van der Waals surface area (Å²) >= 11 is 0. The van der Waals surface area contributed by atoms with Crippen LogP contribution in [0.2, 0.25) is 0 Å². The van der Waals surface area contributed by atoms with E-state index in [0.29, 0.717) is 11.3 Å². The Morgan fingerprint density at radius 3 is 2.55 bits per heavy atom. The number of hydrogen-bond acceptors (Lipinski definition) is 3. The van der Waals surface area contributed by atoms with E-state index in [9.17, 15) is 9.18 Å². The molecule has 0 aliphatic heterocycles. The van der Waals surface area contributed by atoms with Crippen LogP contribution in [0.4, 0.5) is 15.9 Å². The van der Waals surface area contributed by atoms with Crippen LogP contribution in [0.5, 0.6) is 0 Å². The van der Waals surface area contributed by atoms with Gasteiger partial charge in [-0.25, -0.2) is 9.37 Å². The van der Waals surface area contributed by atoms with Gasteiger partial charge >= 0.3 is 0 Å². The first-order chi connectivity index (χ1) is 9.69. The van der Waals surface area contributed by atoms with Gasteiger partial charge < -0.3 is 10.6 Å². The van der Waals surface area contributed by atoms with Gasteiger partial charge in [-0.3, -0.25) is 4.79 Å². The van der Waals surface area contributed by atoms with Crippen molar-refractivity contribution in [3.8, 4) is 0 Å². The average Bonchev–Trinajstić information content (AvgIpc) is 2.48. The second kappa shape index (κ2) is 6.65. The highest BCUT2D eigenvalue weighted by atomic mass is 19.1. The van der Waals surface area contributed by atoms with E-state index in [0.717, 1.165) is 18.8 Å². The summed E-state index contributed by atoms with van der Waals surface area (Å²) < 4.78 is 12.8. The minimum Gasteiger partial charge on any atom is -0.370 e. The molecule has 20 heavy (non-hydrogen) atoms. The van der Waals surface area contributed by atoms with Gasteiger partial charge in [0, 0.05) is 18.4 Å². The lowest BCUT2D eigenvalue weighted by atomic mass is 10.2. The topological polar surface area (TPSA) is 54.0 Å². The smallest absolute Gasteiger partial charge is 0.257 e. The fraction of sp³-hybridized carbons (Fsp3) is 0.200. The molecule has 0 fully saturated rings. The van der Waals surface area contributed by atoms with E-state index >= 15 is 0 Å². The van der Waals surface area contributed by atoms with Crippen LogP contribution in [0.25, 0.3) is 0 Å². The largest absolute Gasteiger partial charge is 0.370 e. The van der Waals surface area contributed by atoms with E-state index in [4.69, 9.17) is 0 Å². The van der Waals surface area contributed by atoms with E-state index < -0.39 is 0 Å². The Morgan fingerprint density at radius 1 is 1.20 bits per heavy atom. The van der Waals surface area contributed by atoms with Crippen LogP contribution in [-0.4, -0.2) is 17.4 Å². The standard InChI is InChI=1S/C15H16FN3O/c1-2-9-17-14-8-3-11(10-18-14)15(20)19-13-6-4-12(16)5-7-13/h3-8,10H,2,9H2,1H3,(H,17,18)(H,19,20). The number of carbonyl (C=O) groups excluding carboxylic acids is 1. The molecule has 0 saturated carbocycles. The first-order valence-corrected chi connectivity index (χ1v) is 6.46. The normalized spacial score (nSPS) is 10.1. The predicted octanol–water partition coefficient (Wildman–Crippen LogP) is 3.29. The zero-order valence-corrected chi connectivity index (χ0v) is 11.2. The van der Waals surface area contributed by atoms with Gasteiger partial charge in [0.05, 0.1) is 5.56 Å². The van der Waals surface area contributed by atoms with Crippen LogP contribution in [0.15, 0.2) is 42.6 Å². The average molecular weight is 273 g/mol. The molecule has 2 N–H and O–H groups in total. The monoisotopic (exact) mass is 273 g/mol. The van der Waals surface area contributed by atoms with Crippen LogP contribution in [0, 0.1) is 5.82 Å². The molecule has 5 heteroatoms. The van der Waals surface area contributed by atoms with Crippen molar-refractivity contribution in [2.45, 2.75) is 13.3 Å². The fourth-order valence-corrected chi connectivity index (χ4v) is 1.62. The molecule has 1 aromatic carbocycles. The molecule has 104 valence electrons. The highest BCUT2D eigenvalue weighted by molar-refractivity contribution is 6.04. The zero-order valence-electron chi connectivity index (χ0n) is 11.2. The maximum absolute atomic E-state index is 12.8. The quantitative estimate of drug-likeness (QED) is 0.879. The van der Waals surface area contributed by atoms with Gasteiger partial charge in [-0.1, -0.05) is 6.92 Å². The Labute approximate surface area is 117 Å². The van der Waals surface area contributed by atoms with Crippen molar-refractivity contribution in [2.24, 2.45) is 0 Å². The number of benzene rings is 1. The van der Waals surface area contributed by atoms with Gasteiger partial charge in [0.25, 0.3) is 5.91 Å². The molecule has 1 heterocycles. The first kappa shape index (κ1) is 14.0. The van der Waals surface area contributed by atoms with Crippen molar-refractivity contribution < 1.29 is 9.18 Å². The van der Waals surface area contributed by atoms with Gasteiger partial charge in [0.1, 0.15) is 11.6 Å². The molecule has 0 radical (unpaired) electrons. The number of carbonyl (C=O) groups is 1. The van der Waals surface area contributed by atoms with Crippen LogP contribution in [0.3, 0.4) is 0 Å². The van der Waals surface area contributed by atoms with Crippen molar-refractivity contribution >= 4 is 17.4 Å². The van der Waals surface area contributed by atoms with E-state index in [1.807, 2.05) is 0 Å². The molecule has 0 atom stereocenters. The molecule has 2 rings (SSSR count). The first-order valence-electron chi connectivity index (χ1n) is 6.46. The van der Waals surface area contributed by atoms with Gasteiger partial charge in [-0.05, 0) is 42.8 Å². The van der Waals surface area contributed by atoms with Crippen molar-refractivity contribution in [1.82, 2.24) is 4.98 Å². The van der Waals surface area contributed by atoms with Crippen molar-refractivity contribution in [3.05, 3.63) is 54.0 Å². The van der Waals surface area contributed by atoms with Gasteiger partial charge in [0.2, 0.25) is 0 Å². The maximum Gasteiger partial charge on any atom is 0.257 e. The third kappa shape index (κ3) is 3.78. The highest BCUT2D eigenvalue weighted by Gasteiger charge is 2.06. The Bertz CT molecular complexity index is 567. The van der Waals surface area contributed by atoms with Crippen LogP contribution >= 0.6 is 0 Å². The molecule has 0 unspecified atom stereocenters. The Hall–Kier alpha value is -2.43. The molecule has 4 nitrogen and oxygen atoms in total. The summed E-state index contributed by atoms with van der Waals surface area (Å²) in [6.07, 6.45) is 2.52. The number of nitrogens with one attached hydrogen (secondary N) is 2. The second-order valence-corrected chi connectivity index (χ2v) is 4.32. The highest BCUT2D eigenvalue weighted by Crippen LogP contribution is 2.11. The van der Waals surface area contributed by atoms with Crippen molar-refractivity contribution in [3.63, 3.8) is 0 Å². The van der Waals surface area contributed by atoms with E-state index in [-0.39, 0.29) is 11.7 Å². The lowest BCUT2D eigenvalue weighted by Crippen LogP contribution is -2.12. The Balaban J connectivity index is 2.00. The van der Waals surface area contributed by atoms with Crippen molar-refractivity contribution in [2.75, 3.05) is 17.2 Å².